The fraction of sp³-hybridized carbons (Fsp3) is 0. The van der Waals surface area contributed by atoms with E-state index < -0.39 is 23.7 Å². The molecule has 0 aromatic rings. The van der Waals surface area contributed by atoms with Gasteiger partial charge in [-0.1, -0.05) is 0 Å². The van der Waals surface area contributed by atoms with Crippen molar-refractivity contribution in [2.45, 2.75) is 0 Å². The predicted molar refractivity (Wildman–Crippen MR) is 26.1 cm³/mol. The molecule has 0 amide bonds. The van der Waals surface area contributed by atoms with E-state index in [0.29, 0.717) is 0 Å². The van der Waals surface area contributed by atoms with Gasteiger partial charge in [0.15, 0.2) is 0 Å². The first-order valence-electron chi connectivity index (χ1n) is 2.15. The molecule has 0 saturated heterocycles. The van der Waals surface area contributed by atoms with Gasteiger partial charge in [0.1, 0.15) is 23.7 Å². The maximum atomic E-state index is 10.1. The minimum absolute atomic E-state index is 0. The molecule has 0 saturated carbocycles. The van der Waals surface area contributed by atoms with E-state index in [9.17, 15) is 12.6 Å². The van der Waals surface area contributed by atoms with E-state index in [1.807, 2.05) is 0 Å². The third kappa shape index (κ3) is 2380. The molecule has 0 aromatic carbocycles. The van der Waals surface area contributed by atoms with Crippen molar-refractivity contribution < 1.29 is 90.4 Å². The summed E-state index contributed by atoms with van der Waals surface area (Å²) in [6, 6.07) is 0. The van der Waals surface area contributed by atoms with Gasteiger partial charge >= 0.3 is 34.7 Å². The van der Waals surface area contributed by atoms with Crippen LogP contribution >= 0.6 is 23.7 Å². The van der Waals surface area contributed by atoms with Crippen LogP contribution in [0.1, 0.15) is 0 Å². The number of hydrogen-bond donors (Lipinski definition) is 0. The molecule has 0 unspecified atom stereocenters. The Morgan fingerprint density at radius 2 is 0.529 bits per heavy atom. The fourth-order valence-electron chi connectivity index (χ4n) is 0. The summed E-state index contributed by atoms with van der Waals surface area (Å²) in [5.74, 6) is 0. The summed E-state index contributed by atoms with van der Waals surface area (Å²) in [6.45, 7) is 0. The minimum Gasteiger partial charge on any atom is -0.786 e. The van der Waals surface area contributed by atoms with Crippen LogP contribution in [-0.4, -0.2) is 0 Å². The van der Waals surface area contributed by atoms with Gasteiger partial charge in [-0.05, 0) is 0 Å². The van der Waals surface area contributed by atoms with Crippen molar-refractivity contribution in [1.29, 1.82) is 0 Å². The van der Waals surface area contributed by atoms with Gasteiger partial charge in [-0.2, -0.15) is 0 Å². The standard InChI is InChI=1S/2Cr.3FH2O3P/c;;3*1-5(2,3)4/h;;3*(H2,2,3,4)/q2*+3;;;/p-6. The Hall–Kier alpha value is 1.30. The normalized spacial score (nSPS) is 10.4. The van der Waals surface area contributed by atoms with Gasteiger partial charge in [0.05, 0.1) is 0 Å². The SMILES string of the molecule is O=P([O-])([O-])F.O=P([O-])([O-])F.O=P([O-])([O-])F.[Cr+3].[Cr+3]. The largest absolute Gasteiger partial charge is 3.00 e. The molecule has 0 aromatic heterocycles. The van der Waals surface area contributed by atoms with Gasteiger partial charge in [-0.25, -0.2) is 12.6 Å². The van der Waals surface area contributed by atoms with Gasteiger partial charge in [0.2, 0.25) is 0 Å². The summed E-state index contributed by atoms with van der Waals surface area (Å²) in [5.41, 5.74) is 0. The van der Waals surface area contributed by atoms with Crippen LogP contribution in [0, 0.1) is 0 Å². The third-order valence-electron chi connectivity index (χ3n) is 0. The van der Waals surface area contributed by atoms with E-state index in [0.717, 1.165) is 0 Å². The Kier molecular flexibility index (Phi) is 22.5. The summed E-state index contributed by atoms with van der Waals surface area (Å²) < 4.78 is 55.7. The first-order chi connectivity index (χ1) is 6.00. The van der Waals surface area contributed by atoms with Gasteiger partial charge in [0, 0.05) is 0 Å². The Morgan fingerprint density at radius 1 is 0.529 bits per heavy atom. The summed E-state index contributed by atoms with van der Waals surface area (Å²) in [7, 11) is -16.9. The van der Waals surface area contributed by atoms with Gasteiger partial charge < -0.3 is 43.1 Å². The average Bonchev–Trinajstić information content (AvgIpc) is 1.41. The molecule has 0 aliphatic heterocycles. The van der Waals surface area contributed by atoms with Crippen LogP contribution in [0.15, 0.2) is 0 Å². The van der Waals surface area contributed by atoms with E-state index in [2.05, 4.69) is 0 Å². The Bertz CT molecular complexity index is 216. The molecule has 0 aliphatic rings. The fourth-order valence-corrected chi connectivity index (χ4v) is 0. The molecule has 0 atom stereocenters. The van der Waals surface area contributed by atoms with E-state index in [1.54, 1.807) is 0 Å². The van der Waals surface area contributed by atoms with Gasteiger partial charge in [0.25, 0.3) is 0 Å². The summed E-state index contributed by atoms with van der Waals surface area (Å²) in [5, 5.41) is 0. The summed E-state index contributed by atoms with van der Waals surface area (Å²) in [6.07, 6.45) is 0. The molecule has 17 heavy (non-hydrogen) atoms. The monoisotopic (exact) mass is 398 g/mol. The molecule has 0 heterocycles. The minimum atomic E-state index is -5.64. The van der Waals surface area contributed by atoms with E-state index in [1.165, 1.54) is 0 Å². The quantitative estimate of drug-likeness (QED) is 0.370. The smallest absolute Gasteiger partial charge is 0.786 e. The molecule has 0 spiro atoms. The van der Waals surface area contributed by atoms with Crippen molar-refractivity contribution in [3.8, 4) is 0 Å². The van der Waals surface area contributed by atoms with Crippen molar-refractivity contribution in [3.05, 3.63) is 0 Å². The molecule has 0 N–H and O–H groups in total. The van der Waals surface area contributed by atoms with Crippen molar-refractivity contribution in [1.82, 2.24) is 0 Å². The molecule has 102 valence electrons. The number of hydrogen-bond acceptors (Lipinski definition) is 9. The second-order valence-electron chi connectivity index (χ2n) is 1.29. The molecule has 0 aliphatic carbocycles. The number of halogens is 3. The van der Waals surface area contributed by atoms with Crippen LogP contribution in [0.3, 0.4) is 0 Å². The van der Waals surface area contributed by atoms with Crippen molar-refractivity contribution in [3.63, 3.8) is 0 Å². The van der Waals surface area contributed by atoms with E-state index in [-0.39, 0.29) is 34.7 Å². The summed E-state index contributed by atoms with van der Waals surface area (Å²) >= 11 is 0. The molecule has 0 fully saturated rings. The second kappa shape index (κ2) is 12.3. The zero-order valence-corrected chi connectivity index (χ0v) is 12.2. The van der Waals surface area contributed by atoms with Gasteiger partial charge in [-0.15, -0.1) is 0 Å². The number of rotatable bonds is 0. The molecule has 17 heteroatoms. The first-order valence-corrected chi connectivity index (χ1v) is 6.45. The van der Waals surface area contributed by atoms with E-state index in [4.69, 9.17) is 43.1 Å². The van der Waals surface area contributed by atoms with Crippen LogP contribution in [0.4, 0.5) is 12.6 Å². The van der Waals surface area contributed by atoms with Crippen LogP contribution in [0.2, 0.25) is 0 Å². The van der Waals surface area contributed by atoms with Crippen LogP contribution < -0.4 is 29.4 Å². The van der Waals surface area contributed by atoms with Crippen molar-refractivity contribution in [2.24, 2.45) is 0 Å². The Labute approximate surface area is 114 Å². The molecular weight excluding hydrogens is 398 g/mol. The first kappa shape index (κ1) is 31.0. The molecule has 9 nitrogen and oxygen atoms in total. The molecule has 0 bridgehead atoms. The maximum absolute atomic E-state index is 10.1. The second-order valence-corrected chi connectivity index (χ2v) is 3.88. The van der Waals surface area contributed by atoms with Gasteiger partial charge in [-0.3, -0.25) is 0 Å². The maximum Gasteiger partial charge on any atom is 3.00 e. The average molecular weight is 398 g/mol. The third-order valence-corrected chi connectivity index (χ3v) is 0. The van der Waals surface area contributed by atoms with Crippen LogP contribution in [0.5, 0.6) is 0 Å². The van der Waals surface area contributed by atoms with Crippen LogP contribution in [-0.2, 0) is 48.4 Å². The van der Waals surface area contributed by atoms with E-state index >= 15 is 0 Å². The van der Waals surface area contributed by atoms with Crippen molar-refractivity contribution in [2.75, 3.05) is 0 Å². The topological polar surface area (TPSA) is 190 Å². The van der Waals surface area contributed by atoms with Crippen LogP contribution in [0.25, 0.3) is 0 Å². The molecule has 2 radical (unpaired) electrons. The zero-order valence-electron chi connectivity index (χ0n) is 6.97. The Morgan fingerprint density at radius 3 is 0.529 bits per heavy atom. The van der Waals surface area contributed by atoms with Crippen molar-refractivity contribution >= 4 is 23.7 Å². The molecule has 0 rings (SSSR count). The predicted octanol–water partition coefficient (Wildman–Crippen LogP) is -3.65. The Balaban J connectivity index is -0.0000000400. The molecular formula is Cr2F3O9P3. The summed E-state index contributed by atoms with van der Waals surface area (Å²) in [4.78, 5) is 50.6. The zero-order chi connectivity index (χ0) is 13.5.